The molecule has 0 aromatic heterocycles. The number of phosphoric acid groups is 1. The third-order valence-electron chi connectivity index (χ3n) is 12.5. The number of unbranched alkanes of at least 4 members (excludes halogenated alkanes) is 36. The van der Waals surface area contributed by atoms with Gasteiger partial charge in [-0.05, 0) is 38.5 Å². The van der Waals surface area contributed by atoms with Crippen molar-refractivity contribution < 1.29 is 42.1 Å². The second-order valence-electron chi connectivity index (χ2n) is 20.3. The summed E-state index contributed by atoms with van der Waals surface area (Å²) in [5.74, 6) is -0.822. The van der Waals surface area contributed by atoms with Crippen molar-refractivity contribution in [3.8, 4) is 0 Å². The molecule has 0 aliphatic carbocycles. The summed E-state index contributed by atoms with van der Waals surface area (Å²) in [6, 6.07) is 0. The first-order valence-electron chi connectivity index (χ1n) is 27.9. The summed E-state index contributed by atoms with van der Waals surface area (Å²) < 4.78 is 34.1. The number of ether oxygens (including phenoxy) is 2. The first kappa shape index (κ1) is 63.8. The van der Waals surface area contributed by atoms with Crippen molar-refractivity contribution in [2.24, 2.45) is 0 Å². The third-order valence-corrected chi connectivity index (χ3v) is 13.5. The van der Waals surface area contributed by atoms with Gasteiger partial charge in [0, 0.05) is 12.8 Å². The lowest BCUT2D eigenvalue weighted by Crippen LogP contribution is -2.37. The number of phosphoric ester groups is 1. The van der Waals surface area contributed by atoms with E-state index >= 15 is 0 Å². The molecule has 0 saturated heterocycles. The Kier molecular flexibility index (Phi) is 46.9. The lowest BCUT2D eigenvalue weighted by atomic mass is 10.0. The molecule has 0 rings (SSSR count). The number of hydrogen-bond donors (Lipinski definition) is 0. The molecule has 386 valence electrons. The first-order chi connectivity index (χ1) is 31.5. The standard InChI is InChI=1S/C55H108NO8P/c1-6-8-10-12-14-16-18-20-22-24-25-26-27-28-29-30-32-33-35-37-39-41-43-45-47-54(57)61-51-53(52-63-65(59,60)62-50-49-56(3,4)5)64-55(58)48-46-44-42-40-38-36-34-31-23-21-19-17-15-13-11-9-7-2/h21,23,53H,6-20,22,24-52H2,1-5H3/b23-21-. The Hall–Kier alpha value is -1.25. The summed E-state index contributed by atoms with van der Waals surface area (Å²) >= 11 is 0. The summed E-state index contributed by atoms with van der Waals surface area (Å²) in [6.07, 6.45) is 53.9. The maximum Gasteiger partial charge on any atom is 0.306 e. The zero-order valence-electron chi connectivity index (χ0n) is 43.7. The molecule has 0 bridgehead atoms. The monoisotopic (exact) mass is 942 g/mol. The molecule has 2 atom stereocenters. The fraction of sp³-hybridized carbons (Fsp3) is 0.927. The zero-order valence-corrected chi connectivity index (χ0v) is 44.6. The van der Waals surface area contributed by atoms with E-state index in [4.69, 9.17) is 18.5 Å². The normalized spacial score (nSPS) is 13.4. The number of quaternary nitrogens is 1. The minimum atomic E-state index is -4.63. The van der Waals surface area contributed by atoms with Gasteiger partial charge >= 0.3 is 11.9 Å². The van der Waals surface area contributed by atoms with Crippen LogP contribution >= 0.6 is 7.82 Å². The van der Waals surface area contributed by atoms with E-state index in [0.29, 0.717) is 17.4 Å². The van der Waals surface area contributed by atoms with Gasteiger partial charge in [0.2, 0.25) is 0 Å². The van der Waals surface area contributed by atoms with Crippen molar-refractivity contribution in [1.82, 2.24) is 0 Å². The van der Waals surface area contributed by atoms with Crippen molar-refractivity contribution in [1.29, 1.82) is 0 Å². The van der Waals surface area contributed by atoms with E-state index in [0.717, 1.165) is 44.9 Å². The smallest absolute Gasteiger partial charge is 0.306 e. The number of nitrogens with zero attached hydrogens (tertiary/aromatic N) is 1. The molecule has 0 aromatic rings. The van der Waals surface area contributed by atoms with Gasteiger partial charge in [-0.25, -0.2) is 0 Å². The Bertz CT molecular complexity index is 1110. The predicted octanol–water partition coefficient (Wildman–Crippen LogP) is 16.2. The molecule has 0 aliphatic rings. The Labute approximate surface area is 403 Å². The lowest BCUT2D eigenvalue weighted by Gasteiger charge is -2.28. The molecule has 0 heterocycles. The zero-order chi connectivity index (χ0) is 47.8. The van der Waals surface area contributed by atoms with Crippen molar-refractivity contribution >= 4 is 19.8 Å². The number of rotatable bonds is 52. The molecule has 0 fully saturated rings. The van der Waals surface area contributed by atoms with Crippen LogP contribution < -0.4 is 4.89 Å². The van der Waals surface area contributed by atoms with Crippen LogP contribution in [0.5, 0.6) is 0 Å². The van der Waals surface area contributed by atoms with Crippen molar-refractivity contribution in [2.45, 2.75) is 283 Å². The molecule has 2 unspecified atom stereocenters. The number of likely N-dealkylation sites (N-methyl/N-ethyl adjacent to an activating group) is 1. The molecule has 0 aromatic carbocycles. The number of carbonyl (C=O) groups excluding carboxylic acids is 2. The largest absolute Gasteiger partial charge is 0.756 e. The minimum Gasteiger partial charge on any atom is -0.756 e. The Morgan fingerprint density at radius 1 is 0.462 bits per heavy atom. The summed E-state index contributed by atoms with van der Waals surface area (Å²) in [7, 11) is 1.18. The van der Waals surface area contributed by atoms with Crippen LogP contribution in [0, 0.1) is 0 Å². The van der Waals surface area contributed by atoms with Crippen molar-refractivity contribution in [3.63, 3.8) is 0 Å². The van der Waals surface area contributed by atoms with Gasteiger partial charge in [-0.2, -0.15) is 0 Å². The molecular formula is C55H108NO8P. The topological polar surface area (TPSA) is 111 Å². The van der Waals surface area contributed by atoms with Gasteiger partial charge < -0.3 is 27.9 Å². The molecule has 65 heavy (non-hydrogen) atoms. The SMILES string of the molecule is CCCCCCCC/C=C\CCCCCCCCCC(=O)OC(COC(=O)CCCCCCCCCCCCCCCCCCCCCCCCCC)COP(=O)([O-])OCC[N+](C)(C)C. The van der Waals surface area contributed by atoms with Gasteiger partial charge in [-0.3, -0.25) is 14.2 Å². The maximum absolute atomic E-state index is 12.7. The predicted molar refractivity (Wildman–Crippen MR) is 273 cm³/mol. The quantitative estimate of drug-likeness (QED) is 0.0195. The van der Waals surface area contributed by atoms with Crippen LogP contribution in [-0.2, 0) is 32.7 Å². The van der Waals surface area contributed by atoms with Gasteiger partial charge in [0.1, 0.15) is 19.8 Å². The molecule has 0 aliphatic heterocycles. The van der Waals surface area contributed by atoms with Crippen molar-refractivity contribution in [2.75, 3.05) is 47.5 Å². The van der Waals surface area contributed by atoms with Crippen LogP contribution in [0.4, 0.5) is 0 Å². The molecule has 0 amide bonds. The van der Waals surface area contributed by atoms with E-state index in [1.54, 1.807) is 0 Å². The average molecular weight is 942 g/mol. The molecule has 0 radical (unpaired) electrons. The summed E-state index contributed by atoms with van der Waals surface area (Å²) in [5, 5.41) is 0. The van der Waals surface area contributed by atoms with Gasteiger partial charge in [0.25, 0.3) is 7.82 Å². The maximum atomic E-state index is 12.7. The molecule has 0 saturated carbocycles. The van der Waals surface area contributed by atoms with Crippen LogP contribution in [-0.4, -0.2) is 70.0 Å². The van der Waals surface area contributed by atoms with E-state index in [-0.39, 0.29) is 32.0 Å². The van der Waals surface area contributed by atoms with Crippen LogP contribution in [0.2, 0.25) is 0 Å². The third kappa shape index (κ3) is 52.0. The second-order valence-corrected chi connectivity index (χ2v) is 21.7. The molecule has 10 heteroatoms. The summed E-state index contributed by atoms with van der Waals surface area (Å²) in [6.45, 7) is 4.28. The Morgan fingerprint density at radius 2 is 0.785 bits per heavy atom. The first-order valence-corrected chi connectivity index (χ1v) is 29.4. The van der Waals surface area contributed by atoms with Crippen LogP contribution in [0.3, 0.4) is 0 Å². The highest BCUT2D eigenvalue weighted by Crippen LogP contribution is 2.38. The fourth-order valence-electron chi connectivity index (χ4n) is 8.18. The molecular weight excluding hydrogens is 834 g/mol. The lowest BCUT2D eigenvalue weighted by molar-refractivity contribution is -0.870. The van der Waals surface area contributed by atoms with Gasteiger partial charge in [0.05, 0.1) is 27.7 Å². The van der Waals surface area contributed by atoms with Crippen LogP contribution in [0.15, 0.2) is 12.2 Å². The minimum absolute atomic E-state index is 0.0281. The highest BCUT2D eigenvalue weighted by Gasteiger charge is 2.22. The molecule has 9 nitrogen and oxygen atoms in total. The second kappa shape index (κ2) is 47.8. The number of carbonyl (C=O) groups is 2. The van der Waals surface area contributed by atoms with Gasteiger partial charge in [-0.1, -0.05) is 238 Å². The molecule has 0 N–H and O–H groups in total. The van der Waals surface area contributed by atoms with E-state index < -0.39 is 26.5 Å². The van der Waals surface area contributed by atoms with E-state index in [2.05, 4.69) is 26.0 Å². The highest BCUT2D eigenvalue weighted by atomic mass is 31.2. The van der Waals surface area contributed by atoms with Gasteiger partial charge in [-0.15, -0.1) is 0 Å². The average Bonchev–Trinajstić information content (AvgIpc) is 3.26. The molecule has 0 spiro atoms. The number of hydrogen-bond acceptors (Lipinski definition) is 8. The fourth-order valence-corrected chi connectivity index (χ4v) is 8.91. The van der Waals surface area contributed by atoms with E-state index in [1.807, 2.05) is 21.1 Å². The Balaban J connectivity index is 4.12. The van der Waals surface area contributed by atoms with Crippen LogP contribution in [0.25, 0.3) is 0 Å². The summed E-state index contributed by atoms with van der Waals surface area (Å²) in [4.78, 5) is 37.8. The highest BCUT2D eigenvalue weighted by molar-refractivity contribution is 7.45. The number of allylic oxidation sites excluding steroid dienone is 2. The Morgan fingerprint density at radius 3 is 1.14 bits per heavy atom. The van der Waals surface area contributed by atoms with E-state index in [9.17, 15) is 19.0 Å². The van der Waals surface area contributed by atoms with Crippen LogP contribution in [0.1, 0.15) is 277 Å². The van der Waals surface area contributed by atoms with E-state index in [1.165, 1.54) is 199 Å². The summed E-state index contributed by atoms with van der Waals surface area (Å²) in [5.41, 5.74) is 0. The number of esters is 2. The van der Waals surface area contributed by atoms with Crippen molar-refractivity contribution in [3.05, 3.63) is 12.2 Å². The van der Waals surface area contributed by atoms with Gasteiger partial charge in [0.15, 0.2) is 6.10 Å².